The van der Waals surface area contributed by atoms with Gasteiger partial charge in [0.1, 0.15) is 5.54 Å². The Kier molecular flexibility index (Phi) is 8.15. The first-order valence-corrected chi connectivity index (χ1v) is 10.6. The van der Waals surface area contributed by atoms with Gasteiger partial charge < -0.3 is 10.5 Å². The first kappa shape index (κ1) is 21.0. The van der Waals surface area contributed by atoms with Crippen LogP contribution < -0.4 is 5.73 Å². The molecule has 0 saturated carbocycles. The smallest absolute Gasteiger partial charge is 0.326 e. The second-order valence-electron chi connectivity index (χ2n) is 8.06. The highest BCUT2D eigenvalue weighted by molar-refractivity contribution is 5.80. The number of benzene rings is 1. The van der Waals surface area contributed by atoms with Crippen molar-refractivity contribution in [2.24, 2.45) is 11.7 Å². The van der Waals surface area contributed by atoms with E-state index in [1.165, 1.54) is 61.6 Å². The molecule has 2 rings (SSSR count). The maximum atomic E-state index is 12.2. The van der Waals surface area contributed by atoms with E-state index >= 15 is 0 Å². The number of carbonyl (C=O) groups is 1. The molecule has 26 heavy (non-hydrogen) atoms. The molecular weight excluding hydrogens is 322 g/mol. The molecule has 0 aliphatic heterocycles. The fourth-order valence-corrected chi connectivity index (χ4v) is 4.04. The van der Waals surface area contributed by atoms with Gasteiger partial charge in [-0.3, -0.25) is 4.79 Å². The molecule has 1 aromatic carbocycles. The molecule has 0 heterocycles. The fraction of sp³-hybridized carbons (Fsp3) is 0.696. The van der Waals surface area contributed by atoms with Gasteiger partial charge in [0.15, 0.2) is 0 Å². The summed E-state index contributed by atoms with van der Waals surface area (Å²) in [6.45, 7) is 6.30. The van der Waals surface area contributed by atoms with Gasteiger partial charge in [-0.1, -0.05) is 57.2 Å². The highest BCUT2D eigenvalue weighted by Gasteiger charge is 2.40. The third-order valence-electron chi connectivity index (χ3n) is 5.88. The zero-order valence-electron chi connectivity index (χ0n) is 17.0. The van der Waals surface area contributed by atoms with Crippen LogP contribution in [0.5, 0.6) is 0 Å². The van der Waals surface area contributed by atoms with Crippen LogP contribution in [-0.2, 0) is 28.8 Å². The van der Waals surface area contributed by atoms with Crippen LogP contribution in [0.1, 0.15) is 82.4 Å². The van der Waals surface area contributed by atoms with E-state index in [9.17, 15) is 4.79 Å². The van der Waals surface area contributed by atoms with Crippen LogP contribution in [-0.4, -0.2) is 18.1 Å². The summed E-state index contributed by atoms with van der Waals surface area (Å²) in [6.07, 6.45) is 12.1. The number of rotatable bonds is 10. The van der Waals surface area contributed by atoms with Crippen LogP contribution in [0.25, 0.3) is 0 Å². The Morgan fingerprint density at radius 3 is 2.62 bits per heavy atom. The maximum absolute atomic E-state index is 12.2. The number of aryl methyl sites for hydroxylation is 2. The minimum Gasteiger partial charge on any atom is -0.465 e. The molecule has 0 fully saturated rings. The summed E-state index contributed by atoms with van der Waals surface area (Å²) < 4.78 is 5.18. The predicted octanol–water partition coefficient (Wildman–Crippen LogP) is 4.98. The van der Waals surface area contributed by atoms with Crippen molar-refractivity contribution in [1.82, 2.24) is 0 Å². The topological polar surface area (TPSA) is 52.3 Å². The molecule has 3 heteroatoms. The third kappa shape index (κ3) is 5.57. The zero-order chi connectivity index (χ0) is 19.0. The normalized spacial score (nSPS) is 18.8. The largest absolute Gasteiger partial charge is 0.465 e. The van der Waals surface area contributed by atoms with Crippen molar-refractivity contribution in [3.8, 4) is 0 Å². The first-order chi connectivity index (χ1) is 12.5. The second-order valence-corrected chi connectivity index (χ2v) is 8.06. The lowest BCUT2D eigenvalue weighted by molar-refractivity contribution is -0.151. The van der Waals surface area contributed by atoms with Gasteiger partial charge in [-0.05, 0) is 68.6 Å². The van der Waals surface area contributed by atoms with Crippen LogP contribution in [0.3, 0.4) is 0 Å². The van der Waals surface area contributed by atoms with Gasteiger partial charge in [0.25, 0.3) is 0 Å². The van der Waals surface area contributed by atoms with E-state index in [2.05, 4.69) is 25.1 Å². The Bertz CT molecular complexity index is 580. The number of nitrogens with two attached hydrogens (primary N) is 1. The summed E-state index contributed by atoms with van der Waals surface area (Å²) in [7, 11) is 0. The summed E-state index contributed by atoms with van der Waals surface area (Å²) in [5, 5.41) is 0. The first-order valence-electron chi connectivity index (χ1n) is 10.6. The zero-order valence-corrected chi connectivity index (χ0v) is 17.0. The van der Waals surface area contributed by atoms with Gasteiger partial charge in [0, 0.05) is 0 Å². The molecule has 0 aromatic heterocycles. The number of ether oxygens (including phenoxy) is 1. The van der Waals surface area contributed by atoms with E-state index in [0.29, 0.717) is 6.61 Å². The standard InChI is InChI=1S/C23H37NO2/c1-4-6-7-8-9-10-11-18-12-13-20-17-21(15-14-19(20)16-18)23(3,24)22(25)26-5-2/h12-13,16,21H,4-11,14-15,17,24H2,1-3H3/t21-,23-/m0/s1. The summed E-state index contributed by atoms with van der Waals surface area (Å²) >= 11 is 0. The highest BCUT2D eigenvalue weighted by Crippen LogP contribution is 2.33. The summed E-state index contributed by atoms with van der Waals surface area (Å²) in [6, 6.07) is 6.91. The van der Waals surface area contributed by atoms with Crippen LogP contribution >= 0.6 is 0 Å². The Morgan fingerprint density at radius 1 is 1.15 bits per heavy atom. The molecule has 0 bridgehead atoms. The number of esters is 1. The molecule has 0 radical (unpaired) electrons. The average molecular weight is 360 g/mol. The van der Waals surface area contributed by atoms with E-state index in [0.717, 1.165) is 19.3 Å². The van der Waals surface area contributed by atoms with Crippen molar-refractivity contribution >= 4 is 5.97 Å². The van der Waals surface area contributed by atoms with Crippen molar-refractivity contribution in [3.63, 3.8) is 0 Å². The summed E-state index contributed by atoms with van der Waals surface area (Å²) in [4.78, 5) is 12.2. The Balaban J connectivity index is 1.89. The van der Waals surface area contributed by atoms with Gasteiger partial charge in [-0.25, -0.2) is 0 Å². The van der Waals surface area contributed by atoms with Crippen molar-refractivity contribution in [2.45, 2.75) is 90.5 Å². The monoisotopic (exact) mass is 359 g/mol. The lowest BCUT2D eigenvalue weighted by Gasteiger charge is -2.35. The highest BCUT2D eigenvalue weighted by atomic mass is 16.5. The summed E-state index contributed by atoms with van der Waals surface area (Å²) in [5.74, 6) is -0.119. The average Bonchev–Trinajstić information content (AvgIpc) is 2.64. The summed E-state index contributed by atoms with van der Waals surface area (Å²) in [5.41, 5.74) is 9.71. The quantitative estimate of drug-likeness (QED) is 0.474. The van der Waals surface area contributed by atoms with Crippen LogP contribution in [0.2, 0.25) is 0 Å². The van der Waals surface area contributed by atoms with Crippen molar-refractivity contribution < 1.29 is 9.53 Å². The van der Waals surface area contributed by atoms with E-state index in [-0.39, 0.29) is 11.9 Å². The minimum absolute atomic E-state index is 0.151. The molecule has 2 N–H and O–H groups in total. The lowest BCUT2D eigenvalue weighted by Crippen LogP contribution is -2.54. The Labute approximate surface area is 159 Å². The molecule has 0 saturated heterocycles. The van der Waals surface area contributed by atoms with Gasteiger partial charge in [-0.2, -0.15) is 0 Å². The number of unbranched alkanes of at least 4 members (excludes halogenated alkanes) is 5. The second kappa shape index (κ2) is 10.1. The van der Waals surface area contributed by atoms with Crippen molar-refractivity contribution in [2.75, 3.05) is 6.61 Å². The van der Waals surface area contributed by atoms with Crippen molar-refractivity contribution in [1.29, 1.82) is 0 Å². The Morgan fingerprint density at radius 2 is 1.88 bits per heavy atom. The van der Waals surface area contributed by atoms with Crippen LogP contribution in [0.15, 0.2) is 18.2 Å². The molecule has 0 amide bonds. The van der Waals surface area contributed by atoms with E-state index < -0.39 is 5.54 Å². The van der Waals surface area contributed by atoms with Gasteiger partial charge in [0.05, 0.1) is 6.61 Å². The molecule has 1 aliphatic rings. The molecule has 0 unspecified atom stereocenters. The minimum atomic E-state index is -0.898. The third-order valence-corrected chi connectivity index (χ3v) is 5.88. The maximum Gasteiger partial charge on any atom is 0.326 e. The predicted molar refractivity (Wildman–Crippen MR) is 108 cm³/mol. The van der Waals surface area contributed by atoms with Gasteiger partial charge >= 0.3 is 5.97 Å². The molecule has 3 nitrogen and oxygen atoms in total. The van der Waals surface area contributed by atoms with Gasteiger partial charge in [0.2, 0.25) is 0 Å². The SMILES string of the molecule is CCCCCCCCc1ccc2c(c1)CC[C@H]([C@](C)(N)C(=O)OCC)C2. The number of fused-ring (bicyclic) bond motifs is 1. The van der Waals surface area contributed by atoms with Crippen molar-refractivity contribution in [3.05, 3.63) is 34.9 Å². The lowest BCUT2D eigenvalue weighted by atomic mass is 9.73. The molecule has 2 atom stereocenters. The van der Waals surface area contributed by atoms with Gasteiger partial charge in [-0.15, -0.1) is 0 Å². The molecule has 0 spiro atoms. The van der Waals surface area contributed by atoms with E-state index in [4.69, 9.17) is 10.5 Å². The molecular formula is C23H37NO2. The number of hydrogen-bond acceptors (Lipinski definition) is 3. The molecule has 1 aromatic rings. The Hall–Kier alpha value is -1.35. The van der Waals surface area contributed by atoms with Crippen LogP contribution in [0.4, 0.5) is 0 Å². The fourth-order valence-electron chi connectivity index (χ4n) is 4.04. The van der Waals surface area contributed by atoms with E-state index in [1.807, 2.05) is 13.8 Å². The number of carbonyl (C=O) groups excluding carboxylic acids is 1. The van der Waals surface area contributed by atoms with E-state index in [1.54, 1.807) is 0 Å². The number of hydrogen-bond donors (Lipinski definition) is 1. The molecule has 1 aliphatic carbocycles. The van der Waals surface area contributed by atoms with Crippen LogP contribution in [0, 0.1) is 5.92 Å². The molecule has 146 valence electrons.